The molecule has 148 valence electrons. The molecule has 1 saturated heterocycles. The van der Waals surface area contributed by atoms with Crippen molar-refractivity contribution in [3.8, 4) is 5.75 Å². The van der Waals surface area contributed by atoms with Crippen LogP contribution in [0.15, 0.2) is 17.0 Å². The maximum Gasteiger partial charge on any atom is 0.255 e. The Morgan fingerprint density at radius 2 is 2.08 bits per heavy atom. The molecule has 1 aromatic carbocycles. The molecule has 26 heavy (non-hydrogen) atoms. The number of carbonyl (C=O) groups excluding carboxylic acids is 1. The fourth-order valence-electron chi connectivity index (χ4n) is 3.20. The largest absolute Gasteiger partial charge is 0.496 e. The van der Waals surface area contributed by atoms with E-state index in [4.69, 9.17) is 10.5 Å². The van der Waals surface area contributed by atoms with Crippen molar-refractivity contribution in [3.63, 3.8) is 0 Å². The first kappa shape index (κ1) is 22.5. The molecule has 0 aromatic heterocycles. The lowest BCUT2D eigenvalue weighted by atomic mass is 10.1. The Balaban J connectivity index is 0.00000338. The van der Waals surface area contributed by atoms with Crippen LogP contribution >= 0.6 is 12.4 Å². The van der Waals surface area contributed by atoms with Crippen LogP contribution in [0.3, 0.4) is 0 Å². The monoisotopic (exact) mass is 405 g/mol. The van der Waals surface area contributed by atoms with Crippen LogP contribution in [0, 0.1) is 0 Å². The fraction of sp³-hybridized carbons (Fsp3) is 0.588. The zero-order valence-corrected chi connectivity index (χ0v) is 17.1. The number of nitrogen functional groups attached to an aromatic ring is 1. The van der Waals surface area contributed by atoms with Crippen LogP contribution in [-0.4, -0.2) is 57.8 Å². The number of nitrogens with two attached hydrogens (primary N) is 1. The number of sulfone groups is 1. The third-order valence-corrected chi connectivity index (χ3v) is 6.48. The summed E-state index contributed by atoms with van der Waals surface area (Å²) < 4.78 is 29.6. The molecule has 0 spiro atoms. The maximum absolute atomic E-state index is 12.6. The highest BCUT2D eigenvalue weighted by atomic mass is 35.5. The van der Waals surface area contributed by atoms with Crippen molar-refractivity contribution in [3.05, 3.63) is 17.7 Å². The van der Waals surface area contributed by atoms with E-state index in [-0.39, 0.29) is 46.0 Å². The molecular weight excluding hydrogens is 378 g/mol. The van der Waals surface area contributed by atoms with Gasteiger partial charge in [-0.25, -0.2) is 8.42 Å². The molecule has 9 heteroatoms. The van der Waals surface area contributed by atoms with E-state index in [1.54, 1.807) is 0 Å². The topological polar surface area (TPSA) is 102 Å². The van der Waals surface area contributed by atoms with Crippen LogP contribution in [0.4, 0.5) is 5.69 Å². The summed E-state index contributed by atoms with van der Waals surface area (Å²) in [7, 11) is -2.10. The number of carbonyl (C=O) groups is 1. The third-order valence-electron chi connectivity index (χ3n) is 4.70. The van der Waals surface area contributed by atoms with E-state index in [2.05, 4.69) is 17.1 Å². The zero-order chi connectivity index (χ0) is 18.6. The summed E-state index contributed by atoms with van der Waals surface area (Å²) in [6.45, 7) is 6.16. The van der Waals surface area contributed by atoms with E-state index >= 15 is 0 Å². The highest BCUT2D eigenvalue weighted by molar-refractivity contribution is 7.91. The smallest absolute Gasteiger partial charge is 0.255 e. The molecule has 0 bridgehead atoms. The number of rotatable bonds is 7. The van der Waals surface area contributed by atoms with Crippen LogP contribution in [0.25, 0.3) is 0 Å². The van der Waals surface area contributed by atoms with Gasteiger partial charge in [0.2, 0.25) is 0 Å². The Kier molecular flexibility index (Phi) is 8.17. The van der Waals surface area contributed by atoms with E-state index in [1.807, 2.05) is 0 Å². The molecule has 1 heterocycles. The number of benzene rings is 1. The van der Waals surface area contributed by atoms with Crippen LogP contribution in [-0.2, 0) is 9.84 Å². The van der Waals surface area contributed by atoms with Crippen molar-refractivity contribution in [1.82, 2.24) is 10.2 Å². The number of likely N-dealkylation sites (N-methyl/N-ethyl adjacent to an activating group) is 1. The van der Waals surface area contributed by atoms with Gasteiger partial charge in [0.25, 0.3) is 5.91 Å². The molecule has 0 radical (unpaired) electrons. The number of nitrogens with one attached hydrogen (secondary N) is 1. The fourth-order valence-corrected chi connectivity index (χ4v) is 4.22. The highest BCUT2D eigenvalue weighted by Gasteiger charge is 2.25. The third kappa shape index (κ3) is 4.81. The number of likely N-dealkylation sites (tertiary alicyclic amines) is 1. The van der Waals surface area contributed by atoms with E-state index < -0.39 is 9.84 Å². The summed E-state index contributed by atoms with van der Waals surface area (Å²) in [5.74, 6) is -0.172. The molecule has 1 fully saturated rings. The predicted molar refractivity (Wildman–Crippen MR) is 105 cm³/mol. The normalized spacial score (nSPS) is 17.6. The Morgan fingerprint density at radius 3 is 2.65 bits per heavy atom. The first-order chi connectivity index (χ1) is 11.8. The summed E-state index contributed by atoms with van der Waals surface area (Å²) in [4.78, 5) is 14.9. The van der Waals surface area contributed by atoms with Gasteiger partial charge in [-0.2, -0.15) is 0 Å². The molecule has 0 saturated carbocycles. The van der Waals surface area contributed by atoms with Crippen LogP contribution < -0.4 is 15.8 Å². The summed E-state index contributed by atoms with van der Waals surface area (Å²) >= 11 is 0. The summed E-state index contributed by atoms with van der Waals surface area (Å²) in [5, 5.41) is 2.90. The summed E-state index contributed by atoms with van der Waals surface area (Å²) in [6.07, 6.45) is 2.17. The van der Waals surface area contributed by atoms with Gasteiger partial charge in [-0.05, 0) is 32.0 Å². The number of hydrogen-bond donors (Lipinski definition) is 2. The summed E-state index contributed by atoms with van der Waals surface area (Å²) in [5.41, 5.74) is 6.11. The van der Waals surface area contributed by atoms with Crippen LogP contribution in [0.5, 0.6) is 5.75 Å². The molecule has 2 rings (SSSR count). The Bertz CT molecular complexity index is 740. The van der Waals surface area contributed by atoms with Crippen molar-refractivity contribution >= 4 is 33.8 Å². The van der Waals surface area contributed by atoms with Crippen molar-refractivity contribution in [2.45, 2.75) is 37.6 Å². The average Bonchev–Trinajstić information content (AvgIpc) is 3.06. The number of amides is 1. The Morgan fingerprint density at radius 1 is 1.38 bits per heavy atom. The Hall–Kier alpha value is -1.51. The maximum atomic E-state index is 12.6. The molecule has 0 aliphatic carbocycles. The number of anilines is 1. The average molecular weight is 406 g/mol. The molecule has 1 aliphatic heterocycles. The molecule has 1 aromatic rings. The van der Waals surface area contributed by atoms with E-state index in [0.717, 1.165) is 25.9 Å². The molecule has 7 nitrogen and oxygen atoms in total. The van der Waals surface area contributed by atoms with Gasteiger partial charge < -0.3 is 15.8 Å². The second-order valence-electron chi connectivity index (χ2n) is 6.13. The minimum Gasteiger partial charge on any atom is -0.496 e. The van der Waals surface area contributed by atoms with E-state index in [1.165, 1.54) is 26.2 Å². The molecule has 1 amide bonds. The lowest BCUT2D eigenvalue weighted by Gasteiger charge is -2.23. The molecule has 3 N–H and O–H groups in total. The summed E-state index contributed by atoms with van der Waals surface area (Å²) in [6, 6.07) is 3.02. The van der Waals surface area contributed by atoms with Crippen molar-refractivity contribution in [2.75, 3.05) is 38.2 Å². The second kappa shape index (κ2) is 9.43. The Labute approximate surface area is 161 Å². The van der Waals surface area contributed by atoms with Gasteiger partial charge in [0.05, 0.1) is 29.0 Å². The predicted octanol–water partition coefficient (Wildman–Crippen LogP) is 1.71. The van der Waals surface area contributed by atoms with Crippen molar-refractivity contribution in [1.29, 1.82) is 0 Å². The quantitative estimate of drug-likeness (QED) is 0.669. The van der Waals surface area contributed by atoms with E-state index in [9.17, 15) is 13.2 Å². The van der Waals surface area contributed by atoms with Gasteiger partial charge in [-0.3, -0.25) is 9.69 Å². The number of halogens is 1. The van der Waals surface area contributed by atoms with Crippen molar-refractivity contribution in [2.24, 2.45) is 0 Å². The SMILES string of the molecule is CCN1CCC[C@@H]1CNC(=O)c1cc(S(=O)(=O)CC)c(N)cc1OC.Cl. The molecule has 1 atom stereocenters. The molecule has 1 aliphatic rings. The first-order valence-corrected chi connectivity index (χ1v) is 10.2. The van der Waals surface area contributed by atoms with Gasteiger partial charge in [-0.15, -0.1) is 12.4 Å². The highest BCUT2D eigenvalue weighted by Crippen LogP contribution is 2.29. The van der Waals surface area contributed by atoms with Gasteiger partial charge >= 0.3 is 0 Å². The number of ether oxygens (including phenoxy) is 1. The number of methoxy groups -OCH3 is 1. The van der Waals surface area contributed by atoms with E-state index in [0.29, 0.717) is 12.6 Å². The van der Waals surface area contributed by atoms with Crippen LogP contribution in [0.1, 0.15) is 37.0 Å². The minimum atomic E-state index is -3.52. The molecular formula is C17H28ClN3O4S. The van der Waals surface area contributed by atoms with Gasteiger partial charge in [0, 0.05) is 18.7 Å². The standard InChI is InChI=1S/C17H27N3O4S.ClH/c1-4-20-8-6-7-12(20)11-19-17(21)13-9-16(25(22,23)5-2)14(18)10-15(13)24-3;/h9-10,12H,4-8,11,18H2,1-3H3,(H,19,21);1H/t12-;/m1./s1. The number of hydrogen-bond acceptors (Lipinski definition) is 6. The second-order valence-corrected chi connectivity index (χ2v) is 8.38. The first-order valence-electron chi connectivity index (χ1n) is 8.56. The lowest BCUT2D eigenvalue weighted by Crippen LogP contribution is -2.40. The molecule has 0 unspecified atom stereocenters. The van der Waals surface area contributed by atoms with Gasteiger partial charge in [-0.1, -0.05) is 13.8 Å². The van der Waals surface area contributed by atoms with Crippen molar-refractivity contribution < 1.29 is 17.9 Å². The number of nitrogens with zero attached hydrogens (tertiary/aromatic N) is 1. The van der Waals surface area contributed by atoms with Gasteiger partial charge in [0.15, 0.2) is 9.84 Å². The van der Waals surface area contributed by atoms with Gasteiger partial charge in [0.1, 0.15) is 5.75 Å². The zero-order valence-electron chi connectivity index (χ0n) is 15.4. The lowest BCUT2D eigenvalue weighted by molar-refractivity contribution is 0.0938. The van der Waals surface area contributed by atoms with Crippen LogP contribution in [0.2, 0.25) is 0 Å². The minimum absolute atomic E-state index is 0.